The van der Waals surface area contributed by atoms with Gasteiger partial charge >= 0.3 is 6.36 Å². The van der Waals surface area contributed by atoms with Crippen molar-refractivity contribution in [3.63, 3.8) is 0 Å². The van der Waals surface area contributed by atoms with E-state index in [0.717, 1.165) is 29.7 Å². The van der Waals surface area contributed by atoms with Crippen LogP contribution in [0.3, 0.4) is 0 Å². The van der Waals surface area contributed by atoms with Crippen molar-refractivity contribution >= 4 is 16.8 Å². The molecule has 0 atom stereocenters. The molecular formula is C30H33F4N5O2. The lowest BCUT2D eigenvalue weighted by Crippen LogP contribution is -2.38. The van der Waals surface area contributed by atoms with E-state index in [4.69, 9.17) is 5.73 Å². The molecule has 1 amide bonds. The van der Waals surface area contributed by atoms with Crippen LogP contribution in [0.2, 0.25) is 0 Å². The number of aryl methyl sites for hydroxylation is 1. The number of rotatable bonds is 9. The van der Waals surface area contributed by atoms with Crippen molar-refractivity contribution < 1.29 is 27.1 Å². The summed E-state index contributed by atoms with van der Waals surface area (Å²) in [6.45, 7) is 3.30. The zero-order valence-electron chi connectivity index (χ0n) is 22.8. The summed E-state index contributed by atoms with van der Waals surface area (Å²) in [5, 5.41) is 5.08. The molecule has 0 aliphatic carbocycles. The highest BCUT2D eigenvalue weighted by Gasteiger charge is 2.31. The number of piperidine rings is 1. The van der Waals surface area contributed by atoms with E-state index >= 15 is 0 Å². The Hall–Kier alpha value is -3.70. The molecule has 0 saturated carbocycles. The first-order valence-electron chi connectivity index (χ1n) is 13.8. The Morgan fingerprint density at radius 2 is 1.90 bits per heavy atom. The monoisotopic (exact) mass is 571 g/mol. The Labute approximate surface area is 235 Å². The van der Waals surface area contributed by atoms with Crippen LogP contribution in [-0.2, 0) is 24.4 Å². The van der Waals surface area contributed by atoms with Crippen LogP contribution < -0.4 is 5.73 Å². The van der Waals surface area contributed by atoms with E-state index in [0.29, 0.717) is 54.5 Å². The molecule has 1 saturated heterocycles. The van der Waals surface area contributed by atoms with Crippen LogP contribution in [-0.4, -0.2) is 51.2 Å². The molecule has 0 unspecified atom stereocenters. The third kappa shape index (κ3) is 6.31. The number of alkyl halides is 3. The standard InChI is InChI=1S/C30H33F4N5O2/c1-2-10-39-18-22(17-36-39)23-4-3-5-27-28(23)25(19-38(27)13-14-41-30(32,33)34)29(40)37-11-8-21(9-12-37)24-15-20(16-35)6-7-26(24)31/h3-7,15,17-19,21H,2,8-14,16,35H2,1H3. The number of carbonyl (C=O) groups excluding carboxylic acids is 1. The molecule has 11 heteroatoms. The Morgan fingerprint density at radius 3 is 2.61 bits per heavy atom. The molecule has 5 rings (SSSR count). The minimum Gasteiger partial charge on any atom is -0.344 e. The van der Waals surface area contributed by atoms with Gasteiger partial charge in [0.2, 0.25) is 0 Å². The Morgan fingerprint density at radius 1 is 1.12 bits per heavy atom. The largest absolute Gasteiger partial charge is 0.522 e. The van der Waals surface area contributed by atoms with E-state index in [1.807, 2.05) is 23.0 Å². The highest BCUT2D eigenvalue weighted by Crippen LogP contribution is 2.36. The van der Waals surface area contributed by atoms with Crippen molar-refractivity contribution in [3.05, 3.63) is 77.5 Å². The molecule has 0 radical (unpaired) electrons. The average Bonchev–Trinajstić information content (AvgIpc) is 3.58. The molecule has 2 aromatic carbocycles. The maximum atomic E-state index is 14.6. The minimum absolute atomic E-state index is 0.0358. The van der Waals surface area contributed by atoms with Gasteiger partial charge in [-0.25, -0.2) is 4.39 Å². The van der Waals surface area contributed by atoms with Gasteiger partial charge in [0.25, 0.3) is 5.91 Å². The summed E-state index contributed by atoms with van der Waals surface area (Å²) in [5.74, 6) is -0.524. The molecule has 1 fully saturated rings. The van der Waals surface area contributed by atoms with Crippen LogP contribution in [0.4, 0.5) is 17.6 Å². The summed E-state index contributed by atoms with van der Waals surface area (Å²) in [5.41, 5.74) is 9.86. The van der Waals surface area contributed by atoms with Gasteiger partial charge in [-0.2, -0.15) is 5.10 Å². The van der Waals surface area contributed by atoms with Gasteiger partial charge in [0.05, 0.1) is 18.4 Å². The number of benzene rings is 2. The third-order valence-corrected chi connectivity index (χ3v) is 7.65. The van der Waals surface area contributed by atoms with Gasteiger partial charge in [-0.05, 0) is 54.0 Å². The number of amides is 1. The first-order chi connectivity index (χ1) is 19.7. The molecule has 3 heterocycles. The second-order valence-corrected chi connectivity index (χ2v) is 10.3. The fourth-order valence-corrected chi connectivity index (χ4v) is 5.65. The first kappa shape index (κ1) is 28.8. The van der Waals surface area contributed by atoms with E-state index in [-0.39, 0.29) is 24.2 Å². The van der Waals surface area contributed by atoms with E-state index in [2.05, 4.69) is 16.8 Å². The molecule has 2 N–H and O–H groups in total. The van der Waals surface area contributed by atoms with E-state index in [9.17, 15) is 22.4 Å². The normalized spacial score (nSPS) is 14.7. The molecule has 7 nitrogen and oxygen atoms in total. The summed E-state index contributed by atoms with van der Waals surface area (Å²) >= 11 is 0. The Balaban J connectivity index is 1.45. The molecule has 41 heavy (non-hydrogen) atoms. The maximum Gasteiger partial charge on any atom is 0.522 e. The lowest BCUT2D eigenvalue weighted by molar-refractivity contribution is -0.325. The number of nitrogens with zero attached hydrogens (tertiary/aromatic N) is 4. The van der Waals surface area contributed by atoms with Crippen molar-refractivity contribution in [2.45, 2.75) is 58.1 Å². The fraction of sp³-hybridized carbons (Fsp3) is 0.400. The molecule has 4 aromatic rings. The van der Waals surface area contributed by atoms with E-state index in [1.54, 1.807) is 40.1 Å². The summed E-state index contributed by atoms with van der Waals surface area (Å²) in [7, 11) is 0. The minimum atomic E-state index is -4.74. The summed E-state index contributed by atoms with van der Waals surface area (Å²) in [4.78, 5) is 15.7. The third-order valence-electron chi connectivity index (χ3n) is 7.65. The number of halogens is 4. The van der Waals surface area contributed by atoms with E-state index < -0.39 is 13.0 Å². The number of aromatic nitrogens is 3. The molecule has 1 aliphatic rings. The van der Waals surface area contributed by atoms with Crippen LogP contribution in [0.5, 0.6) is 0 Å². The van der Waals surface area contributed by atoms with Crippen LogP contribution >= 0.6 is 0 Å². The summed E-state index contributed by atoms with van der Waals surface area (Å²) < 4.78 is 60.2. The van der Waals surface area contributed by atoms with Crippen molar-refractivity contribution in [2.24, 2.45) is 5.73 Å². The predicted molar refractivity (Wildman–Crippen MR) is 148 cm³/mol. The van der Waals surface area contributed by atoms with Crippen molar-refractivity contribution in [3.8, 4) is 11.1 Å². The zero-order valence-corrected chi connectivity index (χ0v) is 22.8. The van der Waals surface area contributed by atoms with Crippen molar-refractivity contribution in [1.82, 2.24) is 19.2 Å². The highest BCUT2D eigenvalue weighted by atomic mass is 19.4. The number of ether oxygens (including phenoxy) is 1. The number of hydrogen-bond donors (Lipinski definition) is 1. The molecular weight excluding hydrogens is 538 g/mol. The quantitative estimate of drug-likeness (QED) is 0.248. The molecule has 218 valence electrons. The number of hydrogen-bond acceptors (Lipinski definition) is 4. The number of carbonyl (C=O) groups is 1. The smallest absolute Gasteiger partial charge is 0.344 e. The molecule has 0 bridgehead atoms. The number of likely N-dealkylation sites (tertiary alicyclic amines) is 1. The number of fused-ring (bicyclic) bond motifs is 1. The van der Waals surface area contributed by atoms with Crippen LogP contribution in [0.1, 0.15) is 53.6 Å². The van der Waals surface area contributed by atoms with Gasteiger partial charge in [0.1, 0.15) is 5.82 Å². The van der Waals surface area contributed by atoms with Crippen LogP contribution in [0, 0.1) is 5.82 Å². The van der Waals surface area contributed by atoms with Gasteiger partial charge < -0.3 is 15.2 Å². The Bertz CT molecular complexity index is 1520. The van der Waals surface area contributed by atoms with Gasteiger partial charge in [0, 0.05) is 61.6 Å². The molecule has 0 spiro atoms. The first-order valence-corrected chi connectivity index (χ1v) is 13.8. The van der Waals surface area contributed by atoms with Crippen molar-refractivity contribution in [1.29, 1.82) is 0 Å². The summed E-state index contributed by atoms with van der Waals surface area (Å²) in [6.07, 6.45) is 2.60. The average molecular weight is 572 g/mol. The Kier molecular flexibility index (Phi) is 8.46. The van der Waals surface area contributed by atoms with Gasteiger partial charge in [0.15, 0.2) is 0 Å². The van der Waals surface area contributed by atoms with Crippen molar-refractivity contribution in [2.75, 3.05) is 19.7 Å². The van der Waals surface area contributed by atoms with Crippen LogP contribution in [0.15, 0.2) is 55.0 Å². The van der Waals surface area contributed by atoms with Gasteiger partial charge in [-0.15, -0.1) is 13.2 Å². The predicted octanol–water partition coefficient (Wildman–Crippen LogP) is 6.07. The van der Waals surface area contributed by atoms with E-state index in [1.165, 1.54) is 6.07 Å². The maximum absolute atomic E-state index is 14.6. The lowest BCUT2D eigenvalue weighted by atomic mass is 9.88. The fourth-order valence-electron chi connectivity index (χ4n) is 5.65. The number of nitrogens with two attached hydrogens (primary N) is 1. The molecule has 2 aromatic heterocycles. The summed E-state index contributed by atoms with van der Waals surface area (Å²) in [6, 6.07) is 10.4. The topological polar surface area (TPSA) is 78.3 Å². The SMILES string of the molecule is CCCn1cc(-c2cccc3c2c(C(=O)N2CCC(c4cc(CN)ccc4F)CC2)cn3CCOC(F)(F)F)cn1. The zero-order chi connectivity index (χ0) is 29.1. The van der Waals surface area contributed by atoms with Crippen LogP contribution in [0.25, 0.3) is 22.0 Å². The second kappa shape index (κ2) is 12.0. The highest BCUT2D eigenvalue weighted by molar-refractivity contribution is 6.12. The van der Waals surface area contributed by atoms with Gasteiger partial charge in [-0.3, -0.25) is 14.2 Å². The second-order valence-electron chi connectivity index (χ2n) is 10.3. The molecule has 1 aliphatic heterocycles. The lowest BCUT2D eigenvalue weighted by Gasteiger charge is -2.32. The van der Waals surface area contributed by atoms with Gasteiger partial charge in [-0.1, -0.05) is 31.2 Å².